The molecule has 0 aliphatic rings. The van der Waals surface area contributed by atoms with Gasteiger partial charge in [0, 0.05) is 0 Å². The maximum atomic E-state index is 10.6. The SMILES string of the molecule is CC[C@H](S[C@H](CC(=O)O)C(=O)O)C(=O)O. The zero-order valence-corrected chi connectivity index (χ0v) is 8.86. The predicted molar refractivity (Wildman–Crippen MR) is 53.0 cm³/mol. The summed E-state index contributed by atoms with van der Waals surface area (Å²) in [5.74, 6) is -3.68. The van der Waals surface area contributed by atoms with Gasteiger partial charge in [-0.2, -0.15) is 0 Å². The van der Waals surface area contributed by atoms with Gasteiger partial charge in [-0.05, 0) is 6.42 Å². The predicted octanol–water partition coefficient (Wildman–Crippen LogP) is 0.511. The highest BCUT2D eigenvalue weighted by molar-refractivity contribution is 8.01. The molecule has 0 aromatic heterocycles. The Bertz CT molecular complexity index is 264. The van der Waals surface area contributed by atoms with Gasteiger partial charge in [-0.1, -0.05) is 6.92 Å². The molecule has 0 radical (unpaired) electrons. The van der Waals surface area contributed by atoms with Gasteiger partial charge in [0.1, 0.15) is 10.5 Å². The Labute approximate surface area is 90.3 Å². The van der Waals surface area contributed by atoms with Gasteiger partial charge in [0.05, 0.1) is 6.42 Å². The highest BCUT2D eigenvalue weighted by Gasteiger charge is 2.28. The second-order valence-electron chi connectivity index (χ2n) is 2.80. The number of carboxylic acids is 3. The molecule has 0 aliphatic carbocycles. The van der Waals surface area contributed by atoms with Gasteiger partial charge >= 0.3 is 17.9 Å². The summed E-state index contributed by atoms with van der Waals surface area (Å²) in [6.45, 7) is 1.60. The van der Waals surface area contributed by atoms with Crippen molar-refractivity contribution in [3.05, 3.63) is 0 Å². The van der Waals surface area contributed by atoms with E-state index in [0.29, 0.717) is 11.8 Å². The number of carbonyl (C=O) groups is 3. The first-order valence-corrected chi connectivity index (χ1v) is 5.15. The molecular formula is C8H12O6S. The van der Waals surface area contributed by atoms with E-state index in [0.717, 1.165) is 0 Å². The van der Waals surface area contributed by atoms with Crippen molar-refractivity contribution in [2.24, 2.45) is 0 Å². The molecule has 7 heteroatoms. The van der Waals surface area contributed by atoms with Gasteiger partial charge in [-0.3, -0.25) is 14.4 Å². The molecule has 0 fully saturated rings. The Morgan fingerprint density at radius 2 is 1.53 bits per heavy atom. The monoisotopic (exact) mass is 236 g/mol. The van der Waals surface area contributed by atoms with E-state index in [2.05, 4.69) is 0 Å². The van der Waals surface area contributed by atoms with Crippen molar-refractivity contribution in [3.63, 3.8) is 0 Å². The van der Waals surface area contributed by atoms with Crippen LogP contribution in [0, 0.1) is 0 Å². The minimum atomic E-state index is -1.30. The fraction of sp³-hybridized carbons (Fsp3) is 0.625. The Kier molecular flexibility index (Phi) is 5.76. The van der Waals surface area contributed by atoms with Crippen LogP contribution in [0.5, 0.6) is 0 Å². The molecule has 0 spiro atoms. The van der Waals surface area contributed by atoms with Crippen LogP contribution < -0.4 is 0 Å². The molecule has 3 N–H and O–H groups in total. The standard InChI is InChI=1S/C8H12O6S/c1-2-4(7(11)12)15-5(8(13)14)3-6(9)10/h4-5H,2-3H2,1H3,(H,9,10)(H,11,12)(H,13,14)/t4-,5+/m0/s1. The maximum absolute atomic E-state index is 10.6. The van der Waals surface area contributed by atoms with Crippen LogP contribution in [0.4, 0.5) is 0 Å². The molecule has 15 heavy (non-hydrogen) atoms. The first kappa shape index (κ1) is 13.8. The lowest BCUT2D eigenvalue weighted by molar-refractivity contribution is -0.143. The minimum Gasteiger partial charge on any atom is -0.481 e. The molecule has 6 nitrogen and oxygen atoms in total. The van der Waals surface area contributed by atoms with E-state index >= 15 is 0 Å². The fourth-order valence-electron chi connectivity index (χ4n) is 0.880. The normalized spacial score (nSPS) is 14.2. The van der Waals surface area contributed by atoms with Crippen LogP contribution in [0.25, 0.3) is 0 Å². The number of carboxylic acid groups (broad SMARTS) is 3. The molecule has 0 rings (SSSR count). The fourth-order valence-corrected chi connectivity index (χ4v) is 1.94. The van der Waals surface area contributed by atoms with Gasteiger partial charge in [-0.15, -0.1) is 11.8 Å². The third kappa shape index (κ3) is 5.26. The van der Waals surface area contributed by atoms with Gasteiger partial charge in [-0.25, -0.2) is 0 Å². The highest BCUT2D eigenvalue weighted by Crippen LogP contribution is 2.23. The second-order valence-corrected chi connectivity index (χ2v) is 4.21. The molecule has 0 saturated heterocycles. The molecular weight excluding hydrogens is 224 g/mol. The van der Waals surface area contributed by atoms with E-state index in [1.165, 1.54) is 0 Å². The topological polar surface area (TPSA) is 112 Å². The number of aliphatic carboxylic acids is 3. The maximum Gasteiger partial charge on any atom is 0.317 e. The van der Waals surface area contributed by atoms with Gasteiger partial charge in [0.15, 0.2) is 0 Å². The zero-order chi connectivity index (χ0) is 12.0. The van der Waals surface area contributed by atoms with Crippen LogP contribution in [0.1, 0.15) is 19.8 Å². The Hall–Kier alpha value is -1.24. The van der Waals surface area contributed by atoms with Crippen molar-refractivity contribution in [1.82, 2.24) is 0 Å². The summed E-state index contributed by atoms with van der Waals surface area (Å²) in [6, 6.07) is 0. The Balaban J connectivity index is 4.45. The number of hydrogen-bond donors (Lipinski definition) is 3. The van der Waals surface area contributed by atoms with Gasteiger partial charge < -0.3 is 15.3 Å². The lowest BCUT2D eigenvalue weighted by Gasteiger charge is -2.14. The second kappa shape index (κ2) is 6.28. The van der Waals surface area contributed by atoms with Crippen LogP contribution in [0.2, 0.25) is 0 Å². The molecule has 86 valence electrons. The molecule has 0 aromatic carbocycles. The summed E-state index contributed by atoms with van der Waals surface area (Å²) in [5, 5.41) is 23.7. The van der Waals surface area contributed by atoms with Crippen LogP contribution in [-0.2, 0) is 14.4 Å². The van der Waals surface area contributed by atoms with E-state index in [1.807, 2.05) is 0 Å². The quantitative estimate of drug-likeness (QED) is 0.590. The Morgan fingerprint density at radius 3 is 1.80 bits per heavy atom. The molecule has 0 aliphatic heterocycles. The summed E-state index contributed by atoms with van der Waals surface area (Å²) in [6.07, 6.45) is -0.326. The molecule has 0 aromatic rings. The minimum absolute atomic E-state index is 0.253. The third-order valence-corrected chi connectivity index (χ3v) is 3.17. The average molecular weight is 236 g/mol. The smallest absolute Gasteiger partial charge is 0.317 e. The molecule has 0 unspecified atom stereocenters. The van der Waals surface area contributed by atoms with Crippen molar-refractivity contribution in [2.75, 3.05) is 0 Å². The molecule has 2 atom stereocenters. The summed E-state index contributed by atoms with van der Waals surface area (Å²) >= 11 is 0.654. The van der Waals surface area contributed by atoms with Crippen molar-refractivity contribution in [3.8, 4) is 0 Å². The van der Waals surface area contributed by atoms with Crippen LogP contribution >= 0.6 is 11.8 Å². The lowest BCUT2D eigenvalue weighted by atomic mass is 10.3. The van der Waals surface area contributed by atoms with E-state index in [4.69, 9.17) is 15.3 Å². The van der Waals surface area contributed by atoms with Crippen molar-refractivity contribution >= 4 is 29.7 Å². The van der Waals surface area contributed by atoms with Crippen LogP contribution in [0.15, 0.2) is 0 Å². The summed E-state index contributed by atoms with van der Waals surface area (Å²) in [7, 11) is 0. The number of thioether (sulfide) groups is 1. The largest absolute Gasteiger partial charge is 0.481 e. The van der Waals surface area contributed by atoms with Crippen LogP contribution in [0.3, 0.4) is 0 Å². The zero-order valence-electron chi connectivity index (χ0n) is 8.04. The molecule has 0 bridgehead atoms. The Morgan fingerprint density at radius 1 is 1.07 bits per heavy atom. The van der Waals surface area contributed by atoms with Crippen molar-refractivity contribution in [2.45, 2.75) is 30.3 Å². The number of rotatable bonds is 7. The number of hydrogen-bond acceptors (Lipinski definition) is 4. The molecule has 0 amide bonds. The third-order valence-electron chi connectivity index (χ3n) is 1.61. The lowest BCUT2D eigenvalue weighted by Crippen LogP contribution is -2.26. The van der Waals surface area contributed by atoms with Gasteiger partial charge in [0.25, 0.3) is 0 Å². The average Bonchev–Trinajstić information content (AvgIpc) is 2.10. The first-order chi connectivity index (χ1) is 6.88. The molecule has 0 heterocycles. The first-order valence-electron chi connectivity index (χ1n) is 4.21. The van der Waals surface area contributed by atoms with Crippen molar-refractivity contribution in [1.29, 1.82) is 0 Å². The summed E-state index contributed by atoms with van der Waals surface area (Å²) in [4.78, 5) is 31.6. The molecule has 0 saturated carbocycles. The van der Waals surface area contributed by atoms with Crippen molar-refractivity contribution < 1.29 is 29.7 Å². The van der Waals surface area contributed by atoms with E-state index < -0.39 is 34.8 Å². The van der Waals surface area contributed by atoms with E-state index in [1.54, 1.807) is 6.92 Å². The van der Waals surface area contributed by atoms with Gasteiger partial charge in [0.2, 0.25) is 0 Å². The summed E-state index contributed by atoms with van der Waals surface area (Å²) in [5.41, 5.74) is 0. The van der Waals surface area contributed by atoms with E-state index in [-0.39, 0.29) is 6.42 Å². The van der Waals surface area contributed by atoms with Crippen LogP contribution in [-0.4, -0.2) is 43.7 Å². The van der Waals surface area contributed by atoms with E-state index in [9.17, 15) is 14.4 Å². The summed E-state index contributed by atoms with van der Waals surface area (Å²) < 4.78 is 0. The highest BCUT2D eigenvalue weighted by atomic mass is 32.2.